The number of hydrogen-bond donors (Lipinski definition) is 1. The van der Waals surface area contributed by atoms with Crippen molar-refractivity contribution in [2.45, 2.75) is 34.1 Å². The lowest BCUT2D eigenvalue weighted by Gasteiger charge is -2.24. The summed E-state index contributed by atoms with van der Waals surface area (Å²) in [6.45, 7) is 20.6. The van der Waals surface area contributed by atoms with E-state index in [0.717, 1.165) is 23.3 Å². The van der Waals surface area contributed by atoms with Gasteiger partial charge in [0.25, 0.3) is 0 Å². The van der Waals surface area contributed by atoms with E-state index in [1.165, 1.54) is 27.8 Å². The molecule has 0 saturated carbocycles. The SMILES string of the molecule is C=CCc1c(C)c(NC)c(C=CC)c(C(=C)C)c1C(=C)C. The Hall–Kier alpha value is -2.02. The summed E-state index contributed by atoms with van der Waals surface area (Å²) in [5, 5.41) is 3.35. The molecule has 0 fully saturated rings. The highest BCUT2D eigenvalue weighted by Crippen LogP contribution is 2.39. The van der Waals surface area contributed by atoms with Crippen LogP contribution in [-0.2, 0) is 6.42 Å². The van der Waals surface area contributed by atoms with Gasteiger partial charge in [-0.3, -0.25) is 0 Å². The summed E-state index contributed by atoms with van der Waals surface area (Å²) < 4.78 is 0. The maximum absolute atomic E-state index is 4.19. The average Bonchev–Trinajstić information content (AvgIpc) is 2.41. The number of rotatable bonds is 6. The van der Waals surface area contributed by atoms with Crippen LogP contribution >= 0.6 is 0 Å². The monoisotopic (exact) mass is 281 g/mol. The fourth-order valence-corrected chi connectivity index (χ4v) is 2.92. The number of benzene rings is 1. The molecule has 0 radical (unpaired) electrons. The van der Waals surface area contributed by atoms with Gasteiger partial charge in [0.1, 0.15) is 0 Å². The number of allylic oxidation sites excluding steroid dienone is 4. The average molecular weight is 281 g/mol. The highest BCUT2D eigenvalue weighted by molar-refractivity contribution is 5.90. The molecule has 0 aliphatic carbocycles. The number of nitrogens with one attached hydrogen (secondary N) is 1. The van der Waals surface area contributed by atoms with Crippen LogP contribution in [0.15, 0.2) is 31.9 Å². The van der Waals surface area contributed by atoms with Gasteiger partial charge in [-0.15, -0.1) is 6.58 Å². The third kappa shape index (κ3) is 3.18. The van der Waals surface area contributed by atoms with E-state index >= 15 is 0 Å². The summed E-state index contributed by atoms with van der Waals surface area (Å²) in [7, 11) is 1.97. The van der Waals surface area contributed by atoms with Crippen molar-refractivity contribution in [3.8, 4) is 0 Å². The Labute approximate surface area is 129 Å². The minimum atomic E-state index is 0.832. The fourth-order valence-electron chi connectivity index (χ4n) is 2.92. The molecule has 1 rings (SSSR count). The van der Waals surface area contributed by atoms with Gasteiger partial charge in [-0.2, -0.15) is 0 Å². The van der Waals surface area contributed by atoms with E-state index in [-0.39, 0.29) is 0 Å². The lowest BCUT2D eigenvalue weighted by molar-refractivity contribution is 1.18. The molecule has 0 heterocycles. The van der Waals surface area contributed by atoms with E-state index in [0.29, 0.717) is 0 Å². The standard InChI is InChI=1S/C20H27N/c1-9-11-16-15(7)20(21-8)17(12-10-2)19(14(5)6)18(16)13(3)4/h9-10,12,21H,1,3,5,11H2,2,4,6-8H3. The Morgan fingerprint density at radius 2 is 1.71 bits per heavy atom. The van der Waals surface area contributed by atoms with E-state index in [4.69, 9.17) is 0 Å². The molecule has 1 N–H and O–H groups in total. The lowest BCUT2D eigenvalue weighted by Crippen LogP contribution is -2.07. The predicted octanol–water partition coefficient (Wildman–Crippen LogP) is 5.86. The predicted molar refractivity (Wildman–Crippen MR) is 98.8 cm³/mol. The Morgan fingerprint density at radius 3 is 2.10 bits per heavy atom. The first-order chi connectivity index (χ1) is 9.90. The molecule has 0 bridgehead atoms. The van der Waals surface area contributed by atoms with Gasteiger partial charge in [-0.25, -0.2) is 0 Å². The van der Waals surface area contributed by atoms with Gasteiger partial charge in [-0.05, 0) is 61.9 Å². The molecular weight excluding hydrogens is 254 g/mol. The summed E-state index contributed by atoms with van der Waals surface area (Å²) >= 11 is 0. The van der Waals surface area contributed by atoms with E-state index < -0.39 is 0 Å². The van der Waals surface area contributed by atoms with Crippen molar-refractivity contribution < 1.29 is 0 Å². The second-order valence-corrected chi connectivity index (χ2v) is 5.45. The molecule has 0 amide bonds. The maximum atomic E-state index is 4.19. The first kappa shape index (κ1) is 17.0. The maximum Gasteiger partial charge on any atom is 0.0450 e. The van der Waals surface area contributed by atoms with Crippen LogP contribution in [0.25, 0.3) is 17.2 Å². The van der Waals surface area contributed by atoms with E-state index in [9.17, 15) is 0 Å². The summed E-state index contributed by atoms with van der Waals surface area (Å²) in [6, 6.07) is 0. The molecular formula is C20H27N. The van der Waals surface area contributed by atoms with Crippen LogP contribution in [0.2, 0.25) is 0 Å². The first-order valence-corrected chi connectivity index (χ1v) is 7.33. The van der Waals surface area contributed by atoms with Crippen LogP contribution < -0.4 is 5.32 Å². The molecule has 0 aromatic heterocycles. The third-order valence-electron chi connectivity index (χ3n) is 3.70. The molecule has 112 valence electrons. The molecule has 21 heavy (non-hydrogen) atoms. The fraction of sp³-hybridized carbons (Fsp3) is 0.300. The highest BCUT2D eigenvalue weighted by atomic mass is 14.8. The van der Waals surface area contributed by atoms with Gasteiger partial charge in [0.05, 0.1) is 0 Å². The zero-order chi connectivity index (χ0) is 16.2. The van der Waals surface area contributed by atoms with Gasteiger partial charge in [0.15, 0.2) is 0 Å². The highest BCUT2D eigenvalue weighted by Gasteiger charge is 2.20. The van der Waals surface area contributed by atoms with E-state index in [1.807, 2.05) is 20.0 Å². The summed E-state index contributed by atoms with van der Waals surface area (Å²) in [5.74, 6) is 0. The van der Waals surface area contributed by atoms with Crippen molar-refractivity contribution in [2.24, 2.45) is 0 Å². The summed E-state index contributed by atoms with van der Waals surface area (Å²) in [4.78, 5) is 0. The molecule has 0 saturated heterocycles. The molecule has 1 aromatic carbocycles. The molecule has 1 aromatic rings. The topological polar surface area (TPSA) is 12.0 Å². The van der Waals surface area contributed by atoms with Crippen molar-refractivity contribution >= 4 is 22.9 Å². The van der Waals surface area contributed by atoms with E-state index in [2.05, 4.69) is 58.0 Å². The Balaban J connectivity index is 4.02. The summed E-state index contributed by atoms with van der Waals surface area (Å²) in [6.07, 6.45) is 7.00. The normalized spacial score (nSPS) is 10.7. The van der Waals surface area contributed by atoms with Crippen molar-refractivity contribution in [3.05, 3.63) is 59.7 Å². The van der Waals surface area contributed by atoms with Gasteiger partial charge < -0.3 is 5.32 Å². The van der Waals surface area contributed by atoms with Gasteiger partial charge in [0.2, 0.25) is 0 Å². The second-order valence-electron chi connectivity index (χ2n) is 5.45. The van der Waals surface area contributed by atoms with Crippen molar-refractivity contribution in [2.75, 3.05) is 12.4 Å². The van der Waals surface area contributed by atoms with Crippen molar-refractivity contribution in [3.63, 3.8) is 0 Å². The number of anilines is 1. The Kier molecular flexibility index (Phi) is 5.78. The molecule has 1 heteroatoms. The minimum Gasteiger partial charge on any atom is -0.387 e. The molecule has 0 aliphatic rings. The van der Waals surface area contributed by atoms with Crippen LogP contribution in [0.5, 0.6) is 0 Å². The Morgan fingerprint density at radius 1 is 1.14 bits per heavy atom. The molecule has 0 spiro atoms. The minimum absolute atomic E-state index is 0.832. The van der Waals surface area contributed by atoms with Crippen LogP contribution in [0, 0.1) is 6.92 Å². The largest absolute Gasteiger partial charge is 0.387 e. The molecule has 0 aliphatic heterocycles. The van der Waals surface area contributed by atoms with Gasteiger partial charge in [-0.1, -0.05) is 37.0 Å². The quantitative estimate of drug-likeness (QED) is 0.643. The molecule has 0 atom stereocenters. The first-order valence-electron chi connectivity index (χ1n) is 7.33. The van der Waals surface area contributed by atoms with E-state index in [1.54, 1.807) is 0 Å². The lowest BCUT2D eigenvalue weighted by atomic mass is 9.83. The zero-order valence-electron chi connectivity index (χ0n) is 14.1. The zero-order valence-corrected chi connectivity index (χ0v) is 14.1. The summed E-state index contributed by atoms with van der Waals surface area (Å²) in [5.41, 5.74) is 9.43. The van der Waals surface area contributed by atoms with Crippen LogP contribution in [0.3, 0.4) is 0 Å². The van der Waals surface area contributed by atoms with Crippen molar-refractivity contribution in [1.29, 1.82) is 0 Å². The number of hydrogen-bond acceptors (Lipinski definition) is 1. The van der Waals surface area contributed by atoms with Crippen molar-refractivity contribution in [1.82, 2.24) is 0 Å². The van der Waals surface area contributed by atoms with Crippen LogP contribution in [-0.4, -0.2) is 7.05 Å². The van der Waals surface area contributed by atoms with Crippen LogP contribution in [0.4, 0.5) is 5.69 Å². The molecule has 1 nitrogen and oxygen atoms in total. The second kappa shape index (κ2) is 7.12. The van der Waals surface area contributed by atoms with Gasteiger partial charge >= 0.3 is 0 Å². The van der Waals surface area contributed by atoms with Gasteiger partial charge in [0, 0.05) is 18.3 Å². The smallest absolute Gasteiger partial charge is 0.0450 e. The third-order valence-corrected chi connectivity index (χ3v) is 3.70. The van der Waals surface area contributed by atoms with Crippen LogP contribution in [0.1, 0.15) is 48.6 Å². The Bertz CT molecular complexity index is 615. The molecule has 0 unspecified atom stereocenters.